The minimum absolute atomic E-state index is 0.0659. The van der Waals surface area contributed by atoms with Gasteiger partial charge in [0, 0.05) is 18.0 Å². The number of amides is 1. The SMILES string of the molecule is CN1CCc2c(sc3c2C(=O)NC(c2cccc(OC(=O)c4ccco4)c2)N3)C1. The predicted molar refractivity (Wildman–Crippen MR) is 108 cm³/mol. The van der Waals surface area contributed by atoms with Gasteiger partial charge in [-0.3, -0.25) is 4.79 Å². The number of furan rings is 1. The van der Waals surface area contributed by atoms with Crippen LogP contribution in [0.25, 0.3) is 0 Å². The number of fused-ring (bicyclic) bond motifs is 3. The summed E-state index contributed by atoms with van der Waals surface area (Å²) in [7, 11) is 2.09. The highest BCUT2D eigenvalue weighted by atomic mass is 32.1. The maximum Gasteiger partial charge on any atom is 0.379 e. The molecule has 1 unspecified atom stereocenters. The number of likely N-dealkylation sites (N-methyl/N-ethyl adjacent to an activating group) is 1. The molecule has 0 aliphatic carbocycles. The van der Waals surface area contributed by atoms with Crippen molar-refractivity contribution in [3.05, 3.63) is 70.0 Å². The Morgan fingerprint density at radius 1 is 1.28 bits per heavy atom. The second-order valence-corrected chi connectivity index (χ2v) is 8.29. The second-order valence-electron chi connectivity index (χ2n) is 7.19. The molecule has 0 spiro atoms. The van der Waals surface area contributed by atoms with Gasteiger partial charge in [-0.25, -0.2) is 4.79 Å². The lowest BCUT2D eigenvalue weighted by Gasteiger charge is -2.27. The van der Waals surface area contributed by atoms with Gasteiger partial charge in [-0.2, -0.15) is 0 Å². The molecule has 0 saturated carbocycles. The van der Waals surface area contributed by atoms with Crippen LogP contribution >= 0.6 is 11.3 Å². The second kappa shape index (κ2) is 7.06. The van der Waals surface area contributed by atoms with E-state index >= 15 is 0 Å². The summed E-state index contributed by atoms with van der Waals surface area (Å²) < 4.78 is 10.5. The molecule has 1 aromatic carbocycles. The van der Waals surface area contributed by atoms with Gasteiger partial charge in [0.15, 0.2) is 0 Å². The third kappa shape index (κ3) is 3.30. The molecule has 2 aliphatic rings. The van der Waals surface area contributed by atoms with Gasteiger partial charge in [0.05, 0.1) is 11.8 Å². The van der Waals surface area contributed by atoms with E-state index in [1.54, 1.807) is 41.7 Å². The number of carbonyl (C=O) groups excluding carboxylic acids is 2. The van der Waals surface area contributed by atoms with Gasteiger partial charge in [0.2, 0.25) is 5.76 Å². The van der Waals surface area contributed by atoms with Crippen molar-refractivity contribution in [2.24, 2.45) is 0 Å². The molecule has 7 nitrogen and oxygen atoms in total. The minimum Gasteiger partial charge on any atom is -0.457 e. The van der Waals surface area contributed by atoms with Gasteiger partial charge in [0.1, 0.15) is 16.9 Å². The van der Waals surface area contributed by atoms with Gasteiger partial charge in [-0.05, 0) is 48.9 Å². The number of esters is 1. The summed E-state index contributed by atoms with van der Waals surface area (Å²) in [5.74, 6) is -0.106. The Morgan fingerprint density at radius 3 is 3.00 bits per heavy atom. The van der Waals surface area contributed by atoms with E-state index in [9.17, 15) is 9.59 Å². The highest BCUT2D eigenvalue weighted by molar-refractivity contribution is 7.16. The lowest BCUT2D eigenvalue weighted by atomic mass is 10.0. The number of hydrogen-bond acceptors (Lipinski definition) is 7. The van der Waals surface area contributed by atoms with E-state index in [-0.39, 0.29) is 11.7 Å². The summed E-state index contributed by atoms with van der Waals surface area (Å²) in [4.78, 5) is 28.5. The van der Waals surface area contributed by atoms with E-state index in [4.69, 9.17) is 9.15 Å². The van der Waals surface area contributed by atoms with Gasteiger partial charge in [-0.15, -0.1) is 11.3 Å². The summed E-state index contributed by atoms with van der Waals surface area (Å²) in [6.07, 6.45) is 1.91. The first-order valence-electron chi connectivity index (χ1n) is 9.34. The van der Waals surface area contributed by atoms with Crippen molar-refractivity contribution >= 4 is 28.2 Å². The molecule has 2 N–H and O–H groups in total. The maximum absolute atomic E-state index is 12.8. The van der Waals surface area contributed by atoms with Crippen molar-refractivity contribution in [1.29, 1.82) is 0 Å². The third-order valence-corrected chi connectivity index (χ3v) is 6.30. The Morgan fingerprint density at radius 2 is 2.17 bits per heavy atom. The highest BCUT2D eigenvalue weighted by Gasteiger charge is 2.32. The molecule has 3 aromatic rings. The number of nitrogens with zero attached hydrogens (tertiary/aromatic N) is 1. The Hall–Kier alpha value is -3.10. The summed E-state index contributed by atoms with van der Waals surface area (Å²) in [5, 5.41) is 7.36. The fraction of sp³-hybridized carbons (Fsp3) is 0.238. The molecule has 0 saturated heterocycles. The average Bonchev–Trinajstić information content (AvgIpc) is 3.35. The van der Waals surface area contributed by atoms with Crippen LogP contribution in [0.3, 0.4) is 0 Å². The maximum atomic E-state index is 12.8. The molecule has 0 radical (unpaired) electrons. The van der Waals surface area contributed by atoms with E-state index < -0.39 is 12.1 Å². The first kappa shape index (κ1) is 18.0. The van der Waals surface area contributed by atoms with Crippen molar-refractivity contribution in [2.45, 2.75) is 19.1 Å². The Kier molecular flexibility index (Phi) is 4.37. The Labute approximate surface area is 171 Å². The number of hydrogen-bond donors (Lipinski definition) is 2. The van der Waals surface area contributed by atoms with Gasteiger partial charge < -0.3 is 24.7 Å². The first-order chi connectivity index (χ1) is 14.1. The molecule has 5 rings (SSSR count). The number of ether oxygens (including phenoxy) is 1. The predicted octanol–water partition coefficient (Wildman–Crippen LogP) is 3.40. The van der Waals surface area contributed by atoms with Crippen LogP contribution in [0.15, 0.2) is 47.1 Å². The molecule has 4 heterocycles. The van der Waals surface area contributed by atoms with Gasteiger partial charge in [-0.1, -0.05) is 12.1 Å². The number of nitrogens with one attached hydrogen (secondary N) is 2. The largest absolute Gasteiger partial charge is 0.457 e. The molecular weight excluding hydrogens is 390 g/mol. The van der Waals surface area contributed by atoms with Crippen LogP contribution in [-0.4, -0.2) is 30.4 Å². The first-order valence-corrected chi connectivity index (χ1v) is 10.2. The summed E-state index contributed by atoms with van der Waals surface area (Å²) in [6.45, 7) is 1.82. The monoisotopic (exact) mass is 409 g/mol. The molecular formula is C21H19N3O4S. The molecule has 0 fully saturated rings. The fourth-order valence-electron chi connectivity index (χ4n) is 3.72. The number of carbonyl (C=O) groups is 2. The number of benzene rings is 1. The fourth-order valence-corrected chi connectivity index (χ4v) is 5.07. The number of anilines is 1. The molecule has 0 bridgehead atoms. The van der Waals surface area contributed by atoms with E-state index in [1.807, 2.05) is 6.07 Å². The van der Waals surface area contributed by atoms with Gasteiger partial charge >= 0.3 is 5.97 Å². The molecule has 1 amide bonds. The van der Waals surface area contributed by atoms with E-state index in [0.717, 1.165) is 41.2 Å². The third-order valence-electron chi connectivity index (χ3n) is 5.15. The van der Waals surface area contributed by atoms with Crippen LogP contribution in [0.4, 0.5) is 5.00 Å². The van der Waals surface area contributed by atoms with Crippen LogP contribution < -0.4 is 15.4 Å². The normalized spacial score (nSPS) is 18.4. The van der Waals surface area contributed by atoms with E-state index in [0.29, 0.717) is 5.75 Å². The lowest BCUT2D eigenvalue weighted by molar-refractivity contribution is 0.0700. The molecule has 148 valence electrons. The topological polar surface area (TPSA) is 83.8 Å². The Bertz CT molecular complexity index is 1090. The highest BCUT2D eigenvalue weighted by Crippen LogP contribution is 2.40. The van der Waals surface area contributed by atoms with Crippen molar-refractivity contribution < 1.29 is 18.7 Å². The molecule has 8 heteroatoms. The smallest absolute Gasteiger partial charge is 0.379 e. The standard InChI is InChI=1S/C21H19N3O4S/c1-24-8-7-14-16(11-24)29-20-17(14)19(25)22-18(23-20)12-4-2-5-13(10-12)28-21(26)15-6-3-9-27-15/h2-6,9-10,18,23H,7-8,11H2,1H3,(H,22,25). The van der Waals surface area contributed by atoms with Crippen molar-refractivity contribution in [2.75, 3.05) is 18.9 Å². The quantitative estimate of drug-likeness (QED) is 0.510. The van der Waals surface area contributed by atoms with Crippen LogP contribution in [-0.2, 0) is 13.0 Å². The van der Waals surface area contributed by atoms with Crippen LogP contribution in [0, 0.1) is 0 Å². The minimum atomic E-state index is -0.565. The Balaban J connectivity index is 1.39. The average molecular weight is 409 g/mol. The van der Waals surface area contributed by atoms with E-state index in [1.165, 1.54) is 11.1 Å². The summed E-state index contributed by atoms with van der Waals surface area (Å²) in [5.41, 5.74) is 2.74. The van der Waals surface area contributed by atoms with Crippen molar-refractivity contribution in [3.63, 3.8) is 0 Å². The summed E-state index contributed by atoms with van der Waals surface area (Å²) >= 11 is 1.65. The molecule has 1 atom stereocenters. The number of thiophene rings is 1. The van der Waals surface area contributed by atoms with Crippen molar-refractivity contribution in [1.82, 2.24) is 10.2 Å². The van der Waals surface area contributed by atoms with Gasteiger partial charge in [0.25, 0.3) is 5.91 Å². The van der Waals surface area contributed by atoms with E-state index in [2.05, 4.69) is 22.6 Å². The van der Waals surface area contributed by atoms with Crippen LogP contribution in [0.1, 0.15) is 43.1 Å². The number of rotatable bonds is 3. The zero-order chi connectivity index (χ0) is 20.0. The van der Waals surface area contributed by atoms with Crippen LogP contribution in [0.5, 0.6) is 5.75 Å². The summed E-state index contributed by atoms with van der Waals surface area (Å²) in [6, 6.07) is 10.3. The van der Waals surface area contributed by atoms with Crippen LogP contribution in [0.2, 0.25) is 0 Å². The molecule has 2 aromatic heterocycles. The molecule has 2 aliphatic heterocycles. The molecule has 29 heavy (non-hydrogen) atoms. The van der Waals surface area contributed by atoms with Crippen molar-refractivity contribution in [3.8, 4) is 5.75 Å². The zero-order valence-electron chi connectivity index (χ0n) is 15.7. The lowest BCUT2D eigenvalue weighted by Crippen LogP contribution is -2.38. The zero-order valence-corrected chi connectivity index (χ0v) is 16.5.